The van der Waals surface area contributed by atoms with Gasteiger partial charge in [0, 0.05) is 19.6 Å². The molecule has 1 N–H and O–H groups in total. The minimum absolute atomic E-state index is 0.0836. The molecule has 0 saturated heterocycles. The van der Waals surface area contributed by atoms with Crippen molar-refractivity contribution in [3.05, 3.63) is 64.7 Å². The fourth-order valence-corrected chi connectivity index (χ4v) is 2.74. The lowest BCUT2D eigenvalue weighted by Gasteiger charge is -2.29. The van der Waals surface area contributed by atoms with E-state index in [-0.39, 0.29) is 5.75 Å². The van der Waals surface area contributed by atoms with Crippen molar-refractivity contribution < 1.29 is 9.90 Å². The molecule has 3 rings (SSSR count). The Morgan fingerprint density at radius 3 is 2.70 bits per heavy atom. The number of hydrogen-bond donors (Lipinski definition) is 1. The Hall–Kier alpha value is -2.13. The summed E-state index contributed by atoms with van der Waals surface area (Å²) in [7, 11) is 0. The third-order valence-corrected chi connectivity index (χ3v) is 3.82. The number of carbonyl (C=O) groups excluding carboxylic acids is 1. The van der Waals surface area contributed by atoms with Crippen LogP contribution in [0.2, 0.25) is 0 Å². The molecule has 1 heterocycles. The van der Waals surface area contributed by atoms with Gasteiger partial charge in [-0.1, -0.05) is 30.3 Å². The first-order valence-corrected chi connectivity index (χ1v) is 6.82. The van der Waals surface area contributed by atoms with Gasteiger partial charge in [-0.05, 0) is 35.2 Å². The molecule has 0 aliphatic carbocycles. The monoisotopic (exact) mass is 267 g/mol. The van der Waals surface area contributed by atoms with Crippen LogP contribution in [0.15, 0.2) is 42.5 Å². The highest BCUT2D eigenvalue weighted by molar-refractivity contribution is 5.79. The van der Waals surface area contributed by atoms with Crippen LogP contribution in [0.4, 0.5) is 0 Å². The zero-order valence-electron chi connectivity index (χ0n) is 11.2. The number of nitrogens with zero attached hydrogens (tertiary/aromatic N) is 1. The van der Waals surface area contributed by atoms with Crippen LogP contribution < -0.4 is 0 Å². The Balaban J connectivity index is 1.78. The largest absolute Gasteiger partial charge is 0.507 e. The summed E-state index contributed by atoms with van der Waals surface area (Å²) in [6, 6.07) is 13.9. The number of aromatic hydroxyl groups is 1. The summed E-state index contributed by atoms with van der Waals surface area (Å²) in [4.78, 5) is 13.2. The fourth-order valence-electron chi connectivity index (χ4n) is 2.74. The van der Waals surface area contributed by atoms with Gasteiger partial charge in [-0.2, -0.15) is 0 Å². The third-order valence-electron chi connectivity index (χ3n) is 3.82. The van der Waals surface area contributed by atoms with Crippen molar-refractivity contribution in [2.45, 2.75) is 19.5 Å². The van der Waals surface area contributed by atoms with Gasteiger partial charge in [0.2, 0.25) is 0 Å². The van der Waals surface area contributed by atoms with Crippen LogP contribution in [-0.2, 0) is 19.5 Å². The molecule has 0 atom stereocenters. The molecule has 0 fully saturated rings. The van der Waals surface area contributed by atoms with Crippen molar-refractivity contribution >= 4 is 6.29 Å². The number of carbonyl (C=O) groups is 1. The zero-order chi connectivity index (χ0) is 13.9. The van der Waals surface area contributed by atoms with E-state index >= 15 is 0 Å². The maximum Gasteiger partial charge on any atom is 0.153 e. The Bertz CT molecular complexity index is 622. The average Bonchev–Trinajstić information content (AvgIpc) is 2.47. The molecule has 0 radical (unpaired) electrons. The van der Waals surface area contributed by atoms with Gasteiger partial charge in [0.25, 0.3) is 0 Å². The maximum atomic E-state index is 10.8. The van der Waals surface area contributed by atoms with Crippen molar-refractivity contribution in [1.82, 2.24) is 4.90 Å². The molecule has 20 heavy (non-hydrogen) atoms. The van der Waals surface area contributed by atoms with Crippen molar-refractivity contribution in [1.29, 1.82) is 0 Å². The highest BCUT2D eigenvalue weighted by Gasteiger charge is 2.18. The summed E-state index contributed by atoms with van der Waals surface area (Å²) in [5.41, 5.74) is 3.98. The summed E-state index contributed by atoms with van der Waals surface area (Å²) < 4.78 is 0. The number of benzene rings is 2. The van der Waals surface area contributed by atoms with Crippen LogP contribution in [0.3, 0.4) is 0 Å². The van der Waals surface area contributed by atoms with Gasteiger partial charge in [-0.15, -0.1) is 0 Å². The SMILES string of the molecule is O=Cc1cc2c(cc1O)CN(Cc1ccccc1)CC2. The molecule has 0 unspecified atom stereocenters. The number of phenols is 1. The van der Waals surface area contributed by atoms with Crippen LogP contribution >= 0.6 is 0 Å². The van der Waals surface area contributed by atoms with E-state index in [1.165, 1.54) is 11.1 Å². The van der Waals surface area contributed by atoms with E-state index < -0.39 is 0 Å². The molecule has 0 saturated carbocycles. The lowest BCUT2D eigenvalue weighted by Crippen LogP contribution is -2.30. The number of rotatable bonds is 3. The summed E-state index contributed by atoms with van der Waals surface area (Å²) >= 11 is 0. The smallest absolute Gasteiger partial charge is 0.153 e. The van der Waals surface area contributed by atoms with Gasteiger partial charge in [0.15, 0.2) is 6.29 Å². The molecule has 3 heteroatoms. The number of phenolic OH excluding ortho intramolecular Hbond substituents is 1. The van der Waals surface area contributed by atoms with Crippen LogP contribution in [0.5, 0.6) is 5.75 Å². The first-order valence-electron chi connectivity index (χ1n) is 6.82. The molecular formula is C17H17NO2. The van der Waals surface area contributed by atoms with E-state index in [1.807, 2.05) is 12.1 Å². The maximum absolute atomic E-state index is 10.8. The average molecular weight is 267 g/mol. The summed E-state index contributed by atoms with van der Waals surface area (Å²) in [5, 5.41) is 9.79. The van der Waals surface area contributed by atoms with Crippen molar-refractivity contribution in [3.8, 4) is 5.75 Å². The minimum Gasteiger partial charge on any atom is -0.507 e. The third kappa shape index (κ3) is 2.58. The number of hydrogen-bond acceptors (Lipinski definition) is 3. The predicted octanol–water partition coefficient (Wildman–Crippen LogP) is 2.76. The Kier molecular flexibility index (Phi) is 3.52. The number of fused-ring (bicyclic) bond motifs is 1. The van der Waals surface area contributed by atoms with E-state index in [0.29, 0.717) is 11.8 Å². The Morgan fingerprint density at radius 2 is 1.95 bits per heavy atom. The molecular weight excluding hydrogens is 250 g/mol. The van der Waals surface area contributed by atoms with Crippen LogP contribution in [0.1, 0.15) is 27.0 Å². The minimum atomic E-state index is 0.0836. The van der Waals surface area contributed by atoms with Gasteiger partial charge in [-0.25, -0.2) is 0 Å². The van der Waals surface area contributed by atoms with E-state index in [4.69, 9.17) is 0 Å². The van der Waals surface area contributed by atoms with Crippen molar-refractivity contribution in [2.24, 2.45) is 0 Å². The summed E-state index contributed by atoms with van der Waals surface area (Å²) in [6.07, 6.45) is 1.63. The zero-order valence-corrected chi connectivity index (χ0v) is 11.2. The molecule has 0 aromatic heterocycles. The van der Waals surface area contributed by atoms with Gasteiger partial charge in [0.1, 0.15) is 5.75 Å². The molecule has 2 aromatic carbocycles. The topological polar surface area (TPSA) is 40.5 Å². The first kappa shape index (κ1) is 12.9. The molecule has 0 bridgehead atoms. The summed E-state index contributed by atoms with van der Waals surface area (Å²) in [5.74, 6) is 0.0836. The second-order valence-corrected chi connectivity index (χ2v) is 5.24. The fraction of sp³-hybridized carbons (Fsp3) is 0.235. The highest BCUT2D eigenvalue weighted by Crippen LogP contribution is 2.26. The van der Waals surface area contributed by atoms with Crippen LogP contribution in [-0.4, -0.2) is 22.8 Å². The number of aldehydes is 1. The standard InChI is InChI=1S/C17H17NO2/c19-12-16-8-14-6-7-18(11-15(14)9-17(16)20)10-13-4-2-1-3-5-13/h1-5,8-9,12,20H,6-7,10-11H2. The van der Waals surface area contributed by atoms with Gasteiger partial charge in [-0.3, -0.25) is 9.69 Å². The lowest BCUT2D eigenvalue weighted by molar-refractivity contribution is 0.112. The Morgan fingerprint density at radius 1 is 1.15 bits per heavy atom. The lowest BCUT2D eigenvalue weighted by atomic mass is 9.96. The predicted molar refractivity (Wildman–Crippen MR) is 77.8 cm³/mol. The molecule has 3 nitrogen and oxygen atoms in total. The normalized spacial score (nSPS) is 14.8. The van der Waals surface area contributed by atoms with Crippen LogP contribution in [0.25, 0.3) is 0 Å². The van der Waals surface area contributed by atoms with E-state index in [2.05, 4.69) is 29.2 Å². The molecule has 0 spiro atoms. The first-order chi connectivity index (χ1) is 9.76. The van der Waals surface area contributed by atoms with Crippen LogP contribution in [0, 0.1) is 0 Å². The Labute approximate surface area is 118 Å². The van der Waals surface area contributed by atoms with E-state index in [9.17, 15) is 9.90 Å². The molecule has 0 amide bonds. The molecule has 2 aromatic rings. The molecule has 102 valence electrons. The molecule has 1 aliphatic rings. The van der Waals surface area contributed by atoms with Gasteiger partial charge in [0.05, 0.1) is 5.56 Å². The van der Waals surface area contributed by atoms with E-state index in [1.54, 1.807) is 6.07 Å². The quantitative estimate of drug-likeness (QED) is 0.869. The second-order valence-electron chi connectivity index (χ2n) is 5.24. The highest BCUT2D eigenvalue weighted by atomic mass is 16.3. The summed E-state index contributed by atoms with van der Waals surface area (Å²) in [6.45, 7) is 2.71. The molecule has 1 aliphatic heterocycles. The second kappa shape index (κ2) is 5.47. The van der Waals surface area contributed by atoms with Gasteiger partial charge >= 0.3 is 0 Å². The van der Waals surface area contributed by atoms with Crippen molar-refractivity contribution in [2.75, 3.05) is 6.54 Å². The van der Waals surface area contributed by atoms with Gasteiger partial charge < -0.3 is 5.11 Å². The van der Waals surface area contributed by atoms with Crippen molar-refractivity contribution in [3.63, 3.8) is 0 Å². The van der Waals surface area contributed by atoms with E-state index in [0.717, 1.165) is 31.6 Å².